The van der Waals surface area contributed by atoms with Gasteiger partial charge in [0.1, 0.15) is 22.9 Å². The molecule has 1 fully saturated rings. The van der Waals surface area contributed by atoms with Gasteiger partial charge in [0.25, 0.3) is 0 Å². The fourth-order valence-corrected chi connectivity index (χ4v) is 4.98. The van der Waals surface area contributed by atoms with Gasteiger partial charge in [-0.1, -0.05) is 42.5 Å². The molecule has 1 aliphatic rings. The smallest absolute Gasteiger partial charge is 0.150 e. The van der Waals surface area contributed by atoms with Crippen LogP contribution in [0.1, 0.15) is 30.1 Å². The Bertz CT molecular complexity index is 1490. The molecule has 164 valence electrons. The van der Waals surface area contributed by atoms with Gasteiger partial charge in [-0.25, -0.2) is 15.0 Å². The van der Waals surface area contributed by atoms with E-state index in [4.69, 9.17) is 15.7 Å². The normalized spacial score (nSPS) is 18.0. The highest BCUT2D eigenvalue weighted by molar-refractivity contribution is 5.92. The maximum absolute atomic E-state index is 9.45. The average Bonchev–Trinajstić information content (AvgIpc) is 3.19. The molecule has 0 radical (unpaired) electrons. The van der Waals surface area contributed by atoms with Crippen molar-refractivity contribution < 1.29 is 5.11 Å². The fraction of sp³-hybridized carbons (Fsp3) is 0.222. The first kappa shape index (κ1) is 19.9. The predicted octanol–water partition coefficient (Wildman–Crippen LogP) is 4.99. The quantitative estimate of drug-likeness (QED) is 0.415. The molecule has 3 heterocycles. The van der Waals surface area contributed by atoms with E-state index in [1.54, 1.807) is 6.20 Å². The van der Waals surface area contributed by atoms with Crippen molar-refractivity contribution in [2.45, 2.75) is 25.7 Å². The van der Waals surface area contributed by atoms with Crippen molar-refractivity contribution in [2.24, 2.45) is 5.92 Å². The summed E-state index contributed by atoms with van der Waals surface area (Å²) in [7, 11) is 0. The molecule has 0 aliphatic heterocycles. The molecule has 3 N–H and O–H groups in total. The number of benzene rings is 2. The number of nitrogens with zero attached hydrogens (tertiary/aromatic N) is 4. The van der Waals surface area contributed by atoms with E-state index in [1.807, 2.05) is 24.4 Å². The standard InChI is InChI=1S/C27H25N5O/c1-16-11-22(18-5-3-2-4-6-18)30-23-14-19(7-8-21(16)23)24-25-26(28)29-9-10-32(25)27(31-24)20-12-17(13-20)15-33/h2-11,14,17,20,33H,12-13,15H2,1H3,(H2,28,29)/t17-,20+. The first-order valence-electron chi connectivity index (χ1n) is 11.3. The molecule has 3 aromatic heterocycles. The van der Waals surface area contributed by atoms with Gasteiger partial charge in [-0.2, -0.15) is 0 Å². The molecule has 1 aliphatic carbocycles. The Hall–Kier alpha value is -3.77. The van der Waals surface area contributed by atoms with Crippen molar-refractivity contribution in [1.29, 1.82) is 0 Å². The molecular formula is C27H25N5O. The second-order valence-corrected chi connectivity index (χ2v) is 8.99. The Morgan fingerprint density at radius 2 is 1.85 bits per heavy atom. The summed E-state index contributed by atoms with van der Waals surface area (Å²) in [5.74, 6) is 2.12. The molecule has 0 bridgehead atoms. The Morgan fingerprint density at radius 1 is 1.03 bits per heavy atom. The van der Waals surface area contributed by atoms with Crippen LogP contribution >= 0.6 is 0 Å². The van der Waals surface area contributed by atoms with Gasteiger partial charge in [-0.05, 0) is 43.4 Å². The second kappa shape index (κ2) is 7.67. The van der Waals surface area contributed by atoms with Gasteiger partial charge in [-0.15, -0.1) is 0 Å². The minimum absolute atomic E-state index is 0.232. The second-order valence-electron chi connectivity index (χ2n) is 8.99. The van der Waals surface area contributed by atoms with Crippen LogP contribution in [0.15, 0.2) is 67.0 Å². The van der Waals surface area contributed by atoms with Crippen LogP contribution < -0.4 is 5.73 Å². The monoisotopic (exact) mass is 435 g/mol. The fourth-order valence-electron chi connectivity index (χ4n) is 4.98. The van der Waals surface area contributed by atoms with Crippen LogP contribution in [0.5, 0.6) is 0 Å². The Labute approximate surface area is 191 Å². The van der Waals surface area contributed by atoms with Gasteiger partial charge in [0.05, 0.1) is 11.2 Å². The van der Waals surface area contributed by atoms with Crippen LogP contribution in [0.2, 0.25) is 0 Å². The molecule has 5 aromatic rings. The van der Waals surface area contributed by atoms with Crippen molar-refractivity contribution in [2.75, 3.05) is 12.3 Å². The number of rotatable bonds is 4. The highest BCUT2D eigenvalue weighted by Crippen LogP contribution is 2.43. The maximum Gasteiger partial charge on any atom is 0.150 e. The molecular weight excluding hydrogens is 410 g/mol. The van der Waals surface area contributed by atoms with Crippen LogP contribution in [-0.2, 0) is 0 Å². The van der Waals surface area contributed by atoms with Gasteiger partial charge in [0, 0.05) is 41.4 Å². The van der Waals surface area contributed by atoms with Crippen molar-refractivity contribution in [3.63, 3.8) is 0 Å². The van der Waals surface area contributed by atoms with E-state index >= 15 is 0 Å². The molecule has 0 spiro atoms. The largest absolute Gasteiger partial charge is 0.396 e. The molecule has 0 atom stereocenters. The minimum Gasteiger partial charge on any atom is -0.396 e. The maximum atomic E-state index is 9.45. The molecule has 0 unspecified atom stereocenters. The third kappa shape index (κ3) is 3.26. The van der Waals surface area contributed by atoms with E-state index in [9.17, 15) is 5.11 Å². The predicted molar refractivity (Wildman–Crippen MR) is 131 cm³/mol. The van der Waals surface area contributed by atoms with Crippen LogP contribution in [0.4, 0.5) is 5.82 Å². The molecule has 1 saturated carbocycles. The van der Waals surface area contributed by atoms with Gasteiger partial charge in [0.2, 0.25) is 0 Å². The number of aryl methyl sites for hydroxylation is 1. The zero-order valence-corrected chi connectivity index (χ0v) is 18.4. The number of nitrogens with two attached hydrogens (primary N) is 1. The lowest BCUT2D eigenvalue weighted by Crippen LogP contribution is -2.26. The number of aliphatic hydroxyl groups is 1. The molecule has 33 heavy (non-hydrogen) atoms. The zero-order chi connectivity index (χ0) is 22.5. The zero-order valence-electron chi connectivity index (χ0n) is 18.4. The molecule has 0 amide bonds. The highest BCUT2D eigenvalue weighted by Gasteiger charge is 2.33. The molecule has 0 saturated heterocycles. The summed E-state index contributed by atoms with van der Waals surface area (Å²) in [5, 5.41) is 10.6. The number of aromatic nitrogens is 4. The molecule has 6 rings (SSSR count). The van der Waals surface area contributed by atoms with E-state index in [1.165, 1.54) is 5.56 Å². The van der Waals surface area contributed by atoms with Gasteiger partial charge in [0.15, 0.2) is 0 Å². The third-order valence-corrected chi connectivity index (χ3v) is 6.83. The van der Waals surface area contributed by atoms with E-state index in [0.29, 0.717) is 17.7 Å². The van der Waals surface area contributed by atoms with Crippen molar-refractivity contribution in [3.05, 3.63) is 78.4 Å². The molecule has 6 nitrogen and oxygen atoms in total. The summed E-state index contributed by atoms with van der Waals surface area (Å²) >= 11 is 0. The lowest BCUT2D eigenvalue weighted by molar-refractivity contribution is 0.138. The SMILES string of the molecule is Cc1cc(-c2ccccc2)nc2cc(-c3nc([C@H]4C[C@@H](CO)C4)n4ccnc(N)c34)ccc12. The van der Waals surface area contributed by atoms with Crippen LogP contribution in [0, 0.1) is 12.8 Å². The first-order chi connectivity index (χ1) is 16.1. The van der Waals surface area contributed by atoms with Gasteiger partial charge >= 0.3 is 0 Å². The lowest BCUT2D eigenvalue weighted by atomic mass is 9.75. The topological polar surface area (TPSA) is 89.3 Å². The van der Waals surface area contributed by atoms with Gasteiger partial charge < -0.3 is 10.8 Å². The molecule has 2 aromatic carbocycles. The summed E-state index contributed by atoms with van der Waals surface area (Å²) in [6.45, 7) is 2.35. The van der Waals surface area contributed by atoms with Crippen LogP contribution in [0.3, 0.4) is 0 Å². The minimum atomic E-state index is 0.232. The van der Waals surface area contributed by atoms with E-state index in [0.717, 1.165) is 57.6 Å². The Morgan fingerprint density at radius 3 is 2.64 bits per heavy atom. The Balaban J connectivity index is 1.51. The van der Waals surface area contributed by atoms with E-state index in [-0.39, 0.29) is 6.61 Å². The van der Waals surface area contributed by atoms with Crippen molar-refractivity contribution in [3.8, 4) is 22.5 Å². The van der Waals surface area contributed by atoms with Crippen molar-refractivity contribution in [1.82, 2.24) is 19.4 Å². The number of hydrogen-bond acceptors (Lipinski definition) is 5. The third-order valence-electron chi connectivity index (χ3n) is 6.83. The number of fused-ring (bicyclic) bond motifs is 2. The lowest BCUT2D eigenvalue weighted by Gasteiger charge is -2.32. The molecule has 6 heteroatoms. The number of hydrogen-bond donors (Lipinski definition) is 2. The Kier molecular flexibility index (Phi) is 4.62. The number of anilines is 1. The summed E-state index contributed by atoms with van der Waals surface area (Å²) < 4.78 is 2.07. The van der Waals surface area contributed by atoms with E-state index < -0.39 is 0 Å². The van der Waals surface area contributed by atoms with Crippen LogP contribution in [-0.4, -0.2) is 31.1 Å². The highest BCUT2D eigenvalue weighted by atomic mass is 16.3. The summed E-state index contributed by atoms with van der Waals surface area (Å²) in [6.07, 6.45) is 5.53. The summed E-state index contributed by atoms with van der Waals surface area (Å²) in [4.78, 5) is 14.4. The number of nitrogen functional groups attached to an aromatic ring is 1. The van der Waals surface area contributed by atoms with Crippen LogP contribution in [0.25, 0.3) is 38.9 Å². The van der Waals surface area contributed by atoms with Crippen molar-refractivity contribution >= 4 is 22.2 Å². The number of pyridine rings is 1. The van der Waals surface area contributed by atoms with E-state index in [2.05, 4.69) is 52.7 Å². The summed E-state index contributed by atoms with van der Waals surface area (Å²) in [6, 6.07) is 18.7. The number of imidazole rings is 1. The first-order valence-corrected chi connectivity index (χ1v) is 11.3. The number of aliphatic hydroxyl groups excluding tert-OH is 1. The average molecular weight is 436 g/mol. The summed E-state index contributed by atoms with van der Waals surface area (Å²) in [5.41, 5.74) is 13.1. The van der Waals surface area contributed by atoms with Gasteiger partial charge in [-0.3, -0.25) is 4.40 Å².